The summed E-state index contributed by atoms with van der Waals surface area (Å²) in [6, 6.07) is 9.25. The third-order valence-electron chi connectivity index (χ3n) is 4.44. The Labute approximate surface area is 151 Å². The average molecular weight is 354 g/mol. The molecule has 1 aromatic heterocycles. The highest BCUT2D eigenvalue weighted by molar-refractivity contribution is 5.89. The van der Waals surface area contributed by atoms with Crippen molar-refractivity contribution in [3.05, 3.63) is 36.0 Å². The van der Waals surface area contributed by atoms with Crippen LogP contribution in [-0.4, -0.2) is 51.2 Å². The van der Waals surface area contributed by atoms with E-state index in [1.165, 1.54) is 0 Å². The van der Waals surface area contributed by atoms with Crippen LogP contribution in [0.5, 0.6) is 0 Å². The number of anilines is 2. The Kier molecular flexibility index (Phi) is 4.44. The van der Waals surface area contributed by atoms with Crippen LogP contribution in [0, 0.1) is 0 Å². The molecule has 1 saturated heterocycles. The smallest absolute Gasteiger partial charge is 0.319 e. The van der Waals surface area contributed by atoms with Crippen molar-refractivity contribution in [2.75, 3.05) is 24.1 Å². The van der Waals surface area contributed by atoms with Gasteiger partial charge in [0.15, 0.2) is 5.82 Å². The van der Waals surface area contributed by atoms with Gasteiger partial charge in [-0.25, -0.2) is 14.8 Å². The van der Waals surface area contributed by atoms with E-state index in [1.807, 2.05) is 24.3 Å². The number of aliphatic hydroxyl groups is 1. The standard InChI is InChI=1S/C18H22N6O2/c19-16-7-14(8-24-9-15(25)10-24)20-17(23-16)11-1-3-12(4-2-11)21-18(26)22-13-5-6-13/h1-4,7,13,15,25H,5-6,8-10H2,(H2,19,20,23)(H2,21,22,26). The van der Waals surface area contributed by atoms with Gasteiger partial charge in [0.1, 0.15) is 5.82 Å². The molecule has 0 bridgehead atoms. The van der Waals surface area contributed by atoms with Gasteiger partial charge in [0.25, 0.3) is 0 Å². The number of β-amino-alcohol motifs (C(OH)–C–C–N with tert-alkyl or cyclic N) is 1. The van der Waals surface area contributed by atoms with Gasteiger partial charge < -0.3 is 21.5 Å². The van der Waals surface area contributed by atoms with Crippen molar-refractivity contribution < 1.29 is 9.90 Å². The van der Waals surface area contributed by atoms with Crippen molar-refractivity contribution in [2.24, 2.45) is 0 Å². The number of hydrogen-bond acceptors (Lipinski definition) is 6. The Morgan fingerprint density at radius 3 is 2.62 bits per heavy atom. The maximum atomic E-state index is 11.8. The van der Waals surface area contributed by atoms with E-state index < -0.39 is 0 Å². The minimum atomic E-state index is -0.245. The lowest BCUT2D eigenvalue weighted by molar-refractivity contribution is -0.00352. The number of nitrogens with one attached hydrogen (secondary N) is 2. The van der Waals surface area contributed by atoms with E-state index in [0.29, 0.717) is 43.0 Å². The molecule has 1 aliphatic heterocycles. The molecule has 1 aliphatic carbocycles. The van der Waals surface area contributed by atoms with Gasteiger partial charge in [-0.1, -0.05) is 0 Å². The van der Waals surface area contributed by atoms with Crippen LogP contribution in [0.15, 0.2) is 30.3 Å². The van der Waals surface area contributed by atoms with Crippen LogP contribution in [0.2, 0.25) is 0 Å². The number of likely N-dealkylation sites (tertiary alicyclic amines) is 1. The van der Waals surface area contributed by atoms with Crippen LogP contribution in [0.25, 0.3) is 11.4 Å². The van der Waals surface area contributed by atoms with Gasteiger partial charge >= 0.3 is 6.03 Å². The predicted molar refractivity (Wildman–Crippen MR) is 98.3 cm³/mol. The number of amides is 2. The zero-order chi connectivity index (χ0) is 18.1. The Balaban J connectivity index is 1.44. The molecule has 0 radical (unpaired) electrons. The molecule has 1 saturated carbocycles. The van der Waals surface area contributed by atoms with Crippen LogP contribution < -0.4 is 16.4 Å². The summed E-state index contributed by atoms with van der Waals surface area (Å²) in [6.45, 7) is 1.95. The van der Waals surface area contributed by atoms with Gasteiger partial charge in [0, 0.05) is 43.0 Å². The van der Waals surface area contributed by atoms with E-state index in [1.54, 1.807) is 6.07 Å². The highest BCUT2D eigenvalue weighted by Gasteiger charge is 2.25. The molecule has 2 aromatic rings. The van der Waals surface area contributed by atoms with E-state index in [9.17, 15) is 9.90 Å². The van der Waals surface area contributed by atoms with Crippen LogP contribution in [0.1, 0.15) is 18.5 Å². The van der Waals surface area contributed by atoms with Crippen molar-refractivity contribution in [1.82, 2.24) is 20.2 Å². The summed E-state index contributed by atoms with van der Waals surface area (Å²) in [7, 11) is 0. The minimum Gasteiger partial charge on any atom is -0.390 e. The topological polar surface area (TPSA) is 116 Å². The molecule has 2 amide bonds. The highest BCUT2D eigenvalue weighted by Crippen LogP contribution is 2.22. The average Bonchev–Trinajstić information content (AvgIpc) is 3.37. The third kappa shape index (κ3) is 4.09. The summed E-state index contributed by atoms with van der Waals surface area (Å²) in [4.78, 5) is 22.8. The molecule has 2 fully saturated rings. The first kappa shape index (κ1) is 16.7. The second-order valence-electron chi connectivity index (χ2n) is 6.91. The molecule has 0 spiro atoms. The van der Waals surface area contributed by atoms with Gasteiger partial charge in [0.2, 0.25) is 0 Å². The molecule has 2 heterocycles. The minimum absolute atomic E-state index is 0.181. The maximum absolute atomic E-state index is 11.8. The summed E-state index contributed by atoms with van der Waals surface area (Å²) in [5.74, 6) is 0.965. The van der Waals surface area contributed by atoms with Gasteiger partial charge in [0.05, 0.1) is 11.8 Å². The van der Waals surface area contributed by atoms with Crippen molar-refractivity contribution >= 4 is 17.5 Å². The molecule has 0 unspecified atom stereocenters. The Bertz CT molecular complexity index is 800. The predicted octanol–water partition coefficient (Wildman–Crippen LogP) is 1.19. The van der Waals surface area contributed by atoms with Crippen LogP contribution >= 0.6 is 0 Å². The number of nitrogens with zero attached hydrogens (tertiary/aromatic N) is 3. The number of aliphatic hydroxyl groups excluding tert-OH is 1. The monoisotopic (exact) mass is 354 g/mol. The van der Waals surface area contributed by atoms with Crippen LogP contribution in [0.4, 0.5) is 16.3 Å². The normalized spacial score (nSPS) is 17.6. The fraction of sp³-hybridized carbons (Fsp3) is 0.389. The quantitative estimate of drug-likeness (QED) is 0.641. The van der Waals surface area contributed by atoms with Gasteiger partial charge in [-0.2, -0.15) is 0 Å². The Morgan fingerprint density at radius 1 is 1.23 bits per heavy atom. The Hall–Kier alpha value is -2.71. The maximum Gasteiger partial charge on any atom is 0.319 e. The SMILES string of the molecule is Nc1cc(CN2CC(O)C2)nc(-c2ccc(NC(=O)NC3CC3)cc2)n1. The molecule has 26 heavy (non-hydrogen) atoms. The molecule has 2 aliphatic rings. The molecular formula is C18H22N6O2. The molecule has 5 N–H and O–H groups in total. The summed E-state index contributed by atoms with van der Waals surface area (Å²) in [5, 5.41) is 15.1. The van der Waals surface area contributed by atoms with E-state index >= 15 is 0 Å². The number of nitrogen functional groups attached to an aromatic ring is 1. The summed E-state index contributed by atoms with van der Waals surface area (Å²) < 4.78 is 0. The lowest BCUT2D eigenvalue weighted by Gasteiger charge is -2.35. The summed E-state index contributed by atoms with van der Waals surface area (Å²) in [6.07, 6.45) is 1.86. The number of rotatable bonds is 5. The fourth-order valence-electron chi connectivity index (χ4n) is 2.91. The van der Waals surface area contributed by atoms with E-state index in [-0.39, 0.29) is 12.1 Å². The number of nitrogens with two attached hydrogens (primary N) is 1. The van der Waals surface area contributed by atoms with Crippen LogP contribution in [0.3, 0.4) is 0 Å². The zero-order valence-electron chi connectivity index (χ0n) is 14.4. The number of carbonyl (C=O) groups is 1. The number of aromatic nitrogens is 2. The van der Waals surface area contributed by atoms with Crippen LogP contribution in [-0.2, 0) is 6.54 Å². The molecule has 4 rings (SSSR count). The summed E-state index contributed by atoms with van der Waals surface area (Å²) >= 11 is 0. The summed E-state index contributed by atoms with van der Waals surface area (Å²) in [5.41, 5.74) is 8.29. The first-order valence-corrected chi connectivity index (χ1v) is 8.77. The molecule has 0 atom stereocenters. The molecule has 8 heteroatoms. The van der Waals surface area contributed by atoms with Crippen molar-refractivity contribution in [3.63, 3.8) is 0 Å². The van der Waals surface area contributed by atoms with Gasteiger partial charge in [-0.15, -0.1) is 0 Å². The van der Waals surface area contributed by atoms with E-state index in [0.717, 1.165) is 24.1 Å². The molecule has 8 nitrogen and oxygen atoms in total. The second kappa shape index (κ2) is 6.89. The first-order valence-electron chi connectivity index (χ1n) is 8.77. The number of hydrogen-bond donors (Lipinski definition) is 4. The molecule has 1 aromatic carbocycles. The Morgan fingerprint density at radius 2 is 1.96 bits per heavy atom. The van der Waals surface area contributed by atoms with Gasteiger partial charge in [-0.3, -0.25) is 4.90 Å². The number of urea groups is 1. The lowest BCUT2D eigenvalue weighted by Crippen LogP contribution is -2.49. The number of benzene rings is 1. The van der Waals surface area contributed by atoms with E-state index in [4.69, 9.17) is 5.73 Å². The zero-order valence-corrected chi connectivity index (χ0v) is 14.4. The first-order chi connectivity index (χ1) is 12.5. The molecular weight excluding hydrogens is 332 g/mol. The number of carbonyl (C=O) groups excluding carboxylic acids is 1. The second-order valence-corrected chi connectivity index (χ2v) is 6.91. The largest absolute Gasteiger partial charge is 0.390 e. The van der Waals surface area contributed by atoms with Gasteiger partial charge in [-0.05, 0) is 37.1 Å². The van der Waals surface area contributed by atoms with Crippen molar-refractivity contribution in [3.8, 4) is 11.4 Å². The van der Waals surface area contributed by atoms with Crippen molar-refractivity contribution in [1.29, 1.82) is 0 Å². The van der Waals surface area contributed by atoms with Crippen molar-refractivity contribution in [2.45, 2.75) is 31.5 Å². The fourth-order valence-corrected chi connectivity index (χ4v) is 2.91. The molecule has 136 valence electrons. The lowest BCUT2D eigenvalue weighted by atomic mass is 10.1. The highest BCUT2D eigenvalue weighted by atomic mass is 16.3. The third-order valence-corrected chi connectivity index (χ3v) is 4.44. The van der Waals surface area contributed by atoms with E-state index in [2.05, 4.69) is 25.5 Å².